The Labute approximate surface area is 119 Å². The number of aryl methyl sites for hydroxylation is 1. The van der Waals surface area contributed by atoms with Crippen LogP contribution in [0.15, 0.2) is 16.7 Å². The third-order valence-corrected chi connectivity index (χ3v) is 5.55. The second-order valence-electron chi connectivity index (χ2n) is 5.15. The van der Waals surface area contributed by atoms with Gasteiger partial charge >= 0.3 is 0 Å². The summed E-state index contributed by atoms with van der Waals surface area (Å²) in [5.74, 6) is 1.16. The Balaban J connectivity index is 1.92. The summed E-state index contributed by atoms with van der Waals surface area (Å²) in [5, 5.41) is 0. The van der Waals surface area contributed by atoms with E-state index in [1.165, 1.54) is 31.2 Å². The van der Waals surface area contributed by atoms with Gasteiger partial charge in [-0.3, -0.25) is 0 Å². The highest BCUT2D eigenvalue weighted by atomic mass is 79.9. The fraction of sp³-hybridized carbons (Fsp3) is 0.615. The van der Waals surface area contributed by atoms with Crippen molar-refractivity contribution in [2.75, 3.05) is 4.90 Å². The molecule has 4 heteroatoms. The number of anilines is 1. The molecule has 0 radical (unpaired) electrons. The molecule has 2 atom stereocenters. The molecule has 17 heavy (non-hydrogen) atoms. The van der Waals surface area contributed by atoms with E-state index in [2.05, 4.69) is 54.7 Å². The third kappa shape index (κ3) is 2.14. The quantitative estimate of drug-likeness (QED) is 0.703. The number of hydrogen-bond donors (Lipinski definition) is 0. The summed E-state index contributed by atoms with van der Waals surface area (Å²) in [6, 6.07) is 3.58. The molecule has 92 valence electrons. The molecule has 0 spiro atoms. The van der Waals surface area contributed by atoms with Crippen molar-refractivity contribution in [3.05, 3.63) is 22.3 Å². The highest BCUT2D eigenvalue weighted by molar-refractivity contribution is 9.10. The van der Waals surface area contributed by atoms with Gasteiger partial charge in [0.05, 0.1) is 0 Å². The smallest absolute Gasteiger partial charge is 0.129 e. The Kier molecular flexibility index (Phi) is 3.20. The lowest BCUT2D eigenvalue weighted by Gasteiger charge is -2.38. The minimum Gasteiger partial charge on any atom is -0.351 e. The number of hydrogen-bond acceptors (Lipinski definition) is 2. The molecule has 1 aromatic rings. The first-order chi connectivity index (χ1) is 8.15. The molecule has 2 saturated heterocycles. The fourth-order valence-electron chi connectivity index (χ4n) is 3.15. The van der Waals surface area contributed by atoms with Crippen molar-refractivity contribution in [1.29, 1.82) is 0 Å². The number of halogens is 2. The molecule has 2 nitrogen and oxygen atoms in total. The van der Waals surface area contributed by atoms with Crippen molar-refractivity contribution in [3.63, 3.8) is 0 Å². The van der Waals surface area contributed by atoms with Crippen LogP contribution in [0.2, 0.25) is 0 Å². The Morgan fingerprint density at radius 2 is 1.94 bits per heavy atom. The van der Waals surface area contributed by atoms with Gasteiger partial charge in [-0.05, 0) is 60.2 Å². The van der Waals surface area contributed by atoms with E-state index in [1.54, 1.807) is 0 Å². The highest BCUT2D eigenvalue weighted by Crippen LogP contribution is 2.41. The summed E-state index contributed by atoms with van der Waals surface area (Å²) in [6.45, 7) is 2.13. The van der Waals surface area contributed by atoms with Crippen molar-refractivity contribution >= 4 is 37.7 Å². The van der Waals surface area contributed by atoms with Gasteiger partial charge in [0.2, 0.25) is 0 Å². The molecule has 0 N–H and O–H groups in total. The molecule has 1 aromatic heterocycles. The number of aromatic nitrogens is 1. The van der Waals surface area contributed by atoms with Gasteiger partial charge in [0.25, 0.3) is 0 Å². The van der Waals surface area contributed by atoms with Gasteiger partial charge < -0.3 is 4.90 Å². The molecule has 0 aliphatic carbocycles. The number of fused-ring (bicyclic) bond motifs is 2. The molecule has 2 unspecified atom stereocenters. The summed E-state index contributed by atoms with van der Waals surface area (Å²) in [6.07, 6.45) is 7.10. The van der Waals surface area contributed by atoms with Gasteiger partial charge in [0.15, 0.2) is 0 Å². The maximum absolute atomic E-state index is 4.59. The molecule has 3 heterocycles. The second-order valence-corrected chi connectivity index (χ2v) is 7.30. The average molecular weight is 360 g/mol. The number of rotatable bonds is 1. The zero-order valence-electron chi connectivity index (χ0n) is 9.87. The molecule has 2 aliphatic heterocycles. The number of nitrogens with zero attached hydrogens (tertiary/aromatic N) is 2. The molecule has 3 rings (SSSR count). The molecule has 2 aliphatic rings. The zero-order chi connectivity index (χ0) is 12.0. The fourth-order valence-corrected chi connectivity index (χ4v) is 4.23. The minimum atomic E-state index is 0.686. The minimum absolute atomic E-state index is 0.686. The van der Waals surface area contributed by atoms with Crippen LogP contribution in [0.4, 0.5) is 5.82 Å². The second kappa shape index (κ2) is 4.54. The first-order valence-corrected chi connectivity index (χ1v) is 7.90. The van der Waals surface area contributed by atoms with Crippen molar-refractivity contribution in [1.82, 2.24) is 4.98 Å². The Morgan fingerprint density at radius 1 is 1.29 bits per heavy atom. The molecule has 0 aromatic carbocycles. The van der Waals surface area contributed by atoms with Gasteiger partial charge in [-0.25, -0.2) is 4.98 Å². The standard InChI is InChI=1S/C13H16Br2N2/c1-8-4-13(16-7-12(8)15)17-10-2-3-11(17)6-9(14)5-10/h4,7,9-11H,2-3,5-6H2,1H3. The SMILES string of the molecule is Cc1cc(N2C3CCC2CC(Br)C3)ncc1Br. The Hall–Kier alpha value is -0.0900. The van der Waals surface area contributed by atoms with E-state index < -0.39 is 0 Å². The summed E-state index contributed by atoms with van der Waals surface area (Å²) < 4.78 is 1.10. The number of piperidine rings is 1. The lowest BCUT2D eigenvalue weighted by atomic mass is 10.0. The van der Waals surface area contributed by atoms with Crippen LogP contribution in [0.25, 0.3) is 0 Å². The summed E-state index contributed by atoms with van der Waals surface area (Å²) in [7, 11) is 0. The number of alkyl halides is 1. The van der Waals surface area contributed by atoms with Crippen LogP contribution in [0.5, 0.6) is 0 Å². The molecule has 0 saturated carbocycles. The van der Waals surface area contributed by atoms with E-state index in [1.807, 2.05) is 6.20 Å². The largest absolute Gasteiger partial charge is 0.351 e. The Morgan fingerprint density at radius 3 is 2.53 bits per heavy atom. The van der Waals surface area contributed by atoms with Gasteiger partial charge in [-0.2, -0.15) is 0 Å². The average Bonchev–Trinajstić information content (AvgIpc) is 2.55. The molecule has 2 fully saturated rings. The van der Waals surface area contributed by atoms with Crippen LogP contribution in [0.1, 0.15) is 31.2 Å². The van der Waals surface area contributed by atoms with E-state index >= 15 is 0 Å². The number of pyridine rings is 1. The summed E-state index contributed by atoms with van der Waals surface area (Å²) in [5.41, 5.74) is 1.27. The van der Waals surface area contributed by atoms with Crippen molar-refractivity contribution in [2.24, 2.45) is 0 Å². The summed E-state index contributed by atoms with van der Waals surface area (Å²) >= 11 is 7.30. The van der Waals surface area contributed by atoms with Gasteiger partial charge in [-0.1, -0.05) is 15.9 Å². The maximum Gasteiger partial charge on any atom is 0.129 e. The topological polar surface area (TPSA) is 16.1 Å². The van der Waals surface area contributed by atoms with Gasteiger partial charge in [0.1, 0.15) is 5.82 Å². The summed E-state index contributed by atoms with van der Waals surface area (Å²) in [4.78, 5) is 7.85. The molecular formula is C13H16Br2N2. The Bertz CT molecular complexity index is 421. The van der Waals surface area contributed by atoms with E-state index in [4.69, 9.17) is 0 Å². The monoisotopic (exact) mass is 358 g/mol. The third-order valence-electron chi connectivity index (χ3n) is 3.97. The van der Waals surface area contributed by atoms with Crippen LogP contribution in [0, 0.1) is 6.92 Å². The maximum atomic E-state index is 4.59. The van der Waals surface area contributed by atoms with Crippen LogP contribution in [-0.2, 0) is 0 Å². The van der Waals surface area contributed by atoms with Crippen LogP contribution >= 0.6 is 31.9 Å². The first kappa shape index (κ1) is 12.0. The van der Waals surface area contributed by atoms with E-state index in [-0.39, 0.29) is 0 Å². The van der Waals surface area contributed by atoms with Crippen molar-refractivity contribution in [2.45, 2.75) is 49.5 Å². The first-order valence-electron chi connectivity index (χ1n) is 6.19. The highest BCUT2D eigenvalue weighted by Gasteiger charge is 2.40. The lowest BCUT2D eigenvalue weighted by molar-refractivity contribution is 0.479. The van der Waals surface area contributed by atoms with E-state index in [0.717, 1.165) is 10.3 Å². The normalized spacial score (nSPS) is 31.9. The van der Waals surface area contributed by atoms with Crippen LogP contribution < -0.4 is 4.90 Å². The van der Waals surface area contributed by atoms with Crippen molar-refractivity contribution in [3.8, 4) is 0 Å². The zero-order valence-corrected chi connectivity index (χ0v) is 13.0. The van der Waals surface area contributed by atoms with Gasteiger partial charge in [0, 0.05) is 27.6 Å². The van der Waals surface area contributed by atoms with E-state index in [9.17, 15) is 0 Å². The molecular weight excluding hydrogens is 344 g/mol. The predicted molar refractivity (Wildman–Crippen MR) is 77.9 cm³/mol. The molecule has 2 bridgehead atoms. The van der Waals surface area contributed by atoms with Crippen molar-refractivity contribution < 1.29 is 0 Å². The lowest BCUT2D eigenvalue weighted by Crippen LogP contribution is -2.43. The van der Waals surface area contributed by atoms with Crippen LogP contribution in [0.3, 0.4) is 0 Å². The predicted octanol–water partition coefficient (Wildman–Crippen LogP) is 4.05. The molecule has 0 amide bonds. The van der Waals surface area contributed by atoms with Crippen LogP contribution in [-0.4, -0.2) is 21.9 Å². The van der Waals surface area contributed by atoms with Gasteiger partial charge in [-0.15, -0.1) is 0 Å². The van der Waals surface area contributed by atoms with E-state index in [0.29, 0.717) is 16.9 Å².